The normalized spacial score (nSPS) is 14.5. The Morgan fingerprint density at radius 2 is 1.96 bits per heavy atom. The van der Waals surface area contributed by atoms with Gasteiger partial charge in [-0.1, -0.05) is 18.2 Å². The smallest absolute Gasteiger partial charge is 0.254 e. The van der Waals surface area contributed by atoms with Crippen LogP contribution in [-0.2, 0) is 16.1 Å². The topological polar surface area (TPSA) is 86.9 Å². The van der Waals surface area contributed by atoms with E-state index in [0.717, 1.165) is 24.2 Å². The van der Waals surface area contributed by atoms with Gasteiger partial charge in [0.15, 0.2) is 0 Å². The van der Waals surface area contributed by atoms with Gasteiger partial charge in [-0.15, -0.1) is 0 Å². The second-order valence-corrected chi connectivity index (χ2v) is 6.31. The maximum absolute atomic E-state index is 11.9. The van der Waals surface area contributed by atoms with Crippen LogP contribution < -0.4 is 10.2 Å². The van der Waals surface area contributed by atoms with Crippen molar-refractivity contribution >= 4 is 12.1 Å². The summed E-state index contributed by atoms with van der Waals surface area (Å²) in [5, 5.41) is 13.1. The largest absolute Gasteiger partial charge is 0.489 e. The van der Waals surface area contributed by atoms with Crippen LogP contribution in [0.4, 0.5) is 0 Å². The van der Waals surface area contributed by atoms with Crippen LogP contribution in [0.2, 0.25) is 0 Å². The molecule has 1 saturated heterocycles. The lowest BCUT2D eigenvalue weighted by atomic mass is 10.1. The van der Waals surface area contributed by atoms with Crippen LogP contribution in [0.15, 0.2) is 53.6 Å². The maximum atomic E-state index is 11.9. The number of nitrogens with zero attached hydrogens (tertiary/aromatic N) is 3. The molecule has 0 spiro atoms. The van der Waals surface area contributed by atoms with Crippen LogP contribution in [0.5, 0.6) is 5.75 Å². The number of hydrogen-bond acceptors (Lipinski definition) is 6. The van der Waals surface area contributed by atoms with Crippen molar-refractivity contribution in [2.24, 2.45) is 5.10 Å². The molecule has 0 aromatic heterocycles. The van der Waals surface area contributed by atoms with Crippen molar-refractivity contribution in [3.63, 3.8) is 0 Å². The summed E-state index contributed by atoms with van der Waals surface area (Å²) in [6.45, 7) is 3.49. The Hall–Kier alpha value is -3.21. The molecular formula is C21H22N4O3. The zero-order chi connectivity index (χ0) is 19.6. The summed E-state index contributed by atoms with van der Waals surface area (Å²) in [5.74, 6) is 0.551. The molecule has 0 saturated carbocycles. The number of ether oxygens (including phenoxy) is 2. The highest BCUT2D eigenvalue weighted by Gasteiger charge is 2.13. The highest BCUT2D eigenvalue weighted by Crippen LogP contribution is 2.15. The SMILES string of the molecule is N#Cc1ccccc1COc1ccc(C=NNC(=O)CN2CCOCC2)cc1. The molecule has 7 heteroatoms. The minimum atomic E-state index is -0.144. The second kappa shape index (κ2) is 10.2. The number of nitrogens with one attached hydrogen (secondary N) is 1. The summed E-state index contributed by atoms with van der Waals surface area (Å²) in [6, 6.07) is 16.9. The van der Waals surface area contributed by atoms with E-state index in [4.69, 9.17) is 14.7 Å². The number of rotatable bonds is 7. The average Bonchev–Trinajstić information content (AvgIpc) is 2.74. The maximum Gasteiger partial charge on any atom is 0.254 e. The first-order valence-corrected chi connectivity index (χ1v) is 9.07. The predicted molar refractivity (Wildman–Crippen MR) is 105 cm³/mol. The quantitative estimate of drug-likeness (QED) is 0.588. The fraction of sp³-hybridized carbons (Fsp3) is 0.286. The van der Waals surface area contributed by atoms with Gasteiger partial charge in [0.2, 0.25) is 0 Å². The molecule has 1 heterocycles. The third-order valence-electron chi connectivity index (χ3n) is 4.29. The Bertz CT molecular complexity index is 853. The Morgan fingerprint density at radius 3 is 2.71 bits per heavy atom. The molecule has 1 aliphatic rings. The van der Waals surface area contributed by atoms with Crippen molar-refractivity contribution in [1.82, 2.24) is 10.3 Å². The minimum Gasteiger partial charge on any atom is -0.489 e. The van der Waals surface area contributed by atoms with Crippen molar-refractivity contribution < 1.29 is 14.3 Å². The van der Waals surface area contributed by atoms with Gasteiger partial charge in [0.1, 0.15) is 12.4 Å². The molecule has 0 bridgehead atoms. The number of amides is 1. The monoisotopic (exact) mass is 378 g/mol. The van der Waals surface area contributed by atoms with Gasteiger partial charge >= 0.3 is 0 Å². The van der Waals surface area contributed by atoms with Gasteiger partial charge in [-0.05, 0) is 35.9 Å². The molecule has 1 aliphatic heterocycles. The van der Waals surface area contributed by atoms with Crippen LogP contribution in [0.3, 0.4) is 0 Å². The van der Waals surface area contributed by atoms with Gasteiger partial charge in [-0.25, -0.2) is 5.43 Å². The Morgan fingerprint density at radius 1 is 1.21 bits per heavy atom. The van der Waals surface area contributed by atoms with E-state index >= 15 is 0 Å². The third-order valence-corrected chi connectivity index (χ3v) is 4.29. The molecule has 3 rings (SSSR count). The first kappa shape index (κ1) is 19.5. The van der Waals surface area contributed by atoms with Gasteiger partial charge in [-0.3, -0.25) is 9.69 Å². The van der Waals surface area contributed by atoms with E-state index in [9.17, 15) is 4.79 Å². The van der Waals surface area contributed by atoms with Crippen molar-refractivity contribution in [1.29, 1.82) is 5.26 Å². The summed E-state index contributed by atoms with van der Waals surface area (Å²) in [5.41, 5.74) is 4.84. The van der Waals surface area contributed by atoms with Gasteiger partial charge < -0.3 is 9.47 Å². The van der Waals surface area contributed by atoms with Crippen molar-refractivity contribution in [3.05, 3.63) is 65.2 Å². The molecule has 0 atom stereocenters. The Labute approximate surface area is 164 Å². The molecule has 2 aromatic rings. The Balaban J connectivity index is 1.45. The molecule has 1 fully saturated rings. The lowest BCUT2D eigenvalue weighted by Gasteiger charge is -2.25. The number of nitriles is 1. The van der Waals surface area contributed by atoms with E-state index < -0.39 is 0 Å². The summed E-state index contributed by atoms with van der Waals surface area (Å²) >= 11 is 0. The van der Waals surface area contributed by atoms with E-state index in [2.05, 4.69) is 16.6 Å². The number of hydrogen-bond donors (Lipinski definition) is 1. The lowest BCUT2D eigenvalue weighted by molar-refractivity contribution is -0.123. The third kappa shape index (κ3) is 5.91. The average molecular weight is 378 g/mol. The van der Waals surface area contributed by atoms with Crippen LogP contribution in [0, 0.1) is 11.3 Å². The fourth-order valence-corrected chi connectivity index (χ4v) is 2.74. The molecule has 0 aliphatic carbocycles. The molecule has 1 N–H and O–H groups in total. The zero-order valence-corrected chi connectivity index (χ0v) is 15.5. The van der Waals surface area contributed by atoms with E-state index in [1.165, 1.54) is 0 Å². The molecule has 144 valence electrons. The van der Waals surface area contributed by atoms with Gasteiger partial charge in [0.05, 0.1) is 37.6 Å². The van der Waals surface area contributed by atoms with Gasteiger partial charge in [0, 0.05) is 18.7 Å². The first-order valence-electron chi connectivity index (χ1n) is 9.07. The number of morpholine rings is 1. The van der Waals surface area contributed by atoms with Gasteiger partial charge in [0.25, 0.3) is 5.91 Å². The van der Waals surface area contributed by atoms with Crippen molar-refractivity contribution in [2.75, 3.05) is 32.8 Å². The number of benzene rings is 2. The highest BCUT2D eigenvalue weighted by atomic mass is 16.5. The van der Waals surface area contributed by atoms with Crippen LogP contribution in [0.25, 0.3) is 0 Å². The van der Waals surface area contributed by atoms with E-state index in [-0.39, 0.29) is 5.91 Å². The summed E-state index contributed by atoms with van der Waals surface area (Å²) in [7, 11) is 0. The molecule has 28 heavy (non-hydrogen) atoms. The van der Waals surface area contributed by atoms with Crippen LogP contribution in [-0.4, -0.2) is 49.9 Å². The van der Waals surface area contributed by atoms with Crippen molar-refractivity contribution in [2.45, 2.75) is 6.61 Å². The summed E-state index contributed by atoms with van der Waals surface area (Å²) < 4.78 is 11.0. The van der Waals surface area contributed by atoms with Crippen LogP contribution >= 0.6 is 0 Å². The van der Waals surface area contributed by atoms with Gasteiger partial charge in [-0.2, -0.15) is 10.4 Å². The fourth-order valence-electron chi connectivity index (χ4n) is 2.74. The summed E-state index contributed by atoms with van der Waals surface area (Å²) in [4.78, 5) is 13.9. The van der Waals surface area contributed by atoms with E-state index in [1.54, 1.807) is 12.3 Å². The molecule has 2 aromatic carbocycles. The number of hydrazone groups is 1. The van der Waals surface area contributed by atoms with E-state index in [0.29, 0.717) is 37.7 Å². The van der Waals surface area contributed by atoms with Crippen LogP contribution in [0.1, 0.15) is 16.7 Å². The molecule has 0 unspecified atom stereocenters. The molecular weight excluding hydrogens is 356 g/mol. The van der Waals surface area contributed by atoms with E-state index in [1.807, 2.05) is 47.4 Å². The summed E-state index contributed by atoms with van der Waals surface area (Å²) in [6.07, 6.45) is 1.59. The zero-order valence-electron chi connectivity index (χ0n) is 15.5. The molecule has 1 amide bonds. The first-order chi connectivity index (χ1) is 13.7. The lowest BCUT2D eigenvalue weighted by Crippen LogP contribution is -2.42. The van der Waals surface area contributed by atoms with Crippen molar-refractivity contribution in [3.8, 4) is 11.8 Å². The highest BCUT2D eigenvalue weighted by molar-refractivity contribution is 5.83. The molecule has 7 nitrogen and oxygen atoms in total. The Kier molecular flexibility index (Phi) is 7.13. The molecule has 0 radical (unpaired) electrons. The number of carbonyl (C=O) groups excluding carboxylic acids is 1. The predicted octanol–water partition coefficient (Wildman–Crippen LogP) is 1.92. The second-order valence-electron chi connectivity index (χ2n) is 6.31. The number of carbonyl (C=O) groups is 1. The standard InChI is InChI=1S/C21H22N4O3/c22-13-18-3-1-2-4-19(18)16-28-20-7-5-17(6-8-20)14-23-24-21(26)15-25-9-11-27-12-10-25/h1-8,14H,9-12,15-16H2,(H,24,26). The minimum absolute atomic E-state index is 0.144.